The third kappa shape index (κ3) is 2.61. The van der Waals surface area contributed by atoms with Gasteiger partial charge < -0.3 is 9.67 Å². The first-order valence-electron chi connectivity index (χ1n) is 5.58. The number of thiophene rings is 1. The first-order chi connectivity index (χ1) is 8.13. The van der Waals surface area contributed by atoms with Crippen molar-refractivity contribution < 1.29 is 5.11 Å². The molecule has 0 saturated heterocycles. The van der Waals surface area contributed by atoms with Gasteiger partial charge >= 0.3 is 0 Å². The van der Waals surface area contributed by atoms with Crippen LogP contribution in [0.4, 0.5) is 0 Å². The van der Waals surface area contributed by atoms with Crippen LogP contribution in [0.15, 0.2) is 22.9 Å². The summed E-state index contributed by atoms with van der Waals surface area (Å²) in [6, 6.07) is 1.97. The molecule has 3 nitrogen and oxygen atoms in total. The van der Waals surface area contributed by atoms with Crippen LogP contribution in [0.25, 0.3) is 0 Å². The molecule has 1 atom stereocenters. The molecule has 0 radical (unpaired) electrons. The predicted molar refractivity (Wildman–Crippen MR) is 73.3 cm³/mol. The van der Waals surface area contributed by atoms with Gasteiger partial charge in [0.05, 0.1) is 0 Å². The van der Waals surface area contributed by atoms with E-state index in [1.807, 2.05) is 23.8 Å². The van der Waals surface area contributed by atoms with E-state index in [4.69, 9.17) is 0 Å². The number of halogens is 1. The van der Waals surface area contributed by atoms with Crippen LogP contribution in [-0.2, 0) is 6.54 Å². The number of rotatable bonds is 4. The molecule has 0 bridgehead atoms. The molecule has 0 spiro atoms. The maximum Gasteiger partial charge on any atom is 0.146 e. The van der Waals surface area contributed by atoms with Gasteiger partial charge in [0, 0.05) is 33.2 Å². The van der Waals surface area contributed by atoms with Crippen molar-refractivity contribution in [2.45, 2.75) is 32.9 Å². The number of aliphatic hydroxyl groups excluding tert-OH is 1. The molecule has 5 heteroatoms. The van der Waals surface area contributed by atoms with Crippen LogP contribution in [-0.4, -0.2) is 14.7 Å². The summed E-state index contributed by atoms with van der Waals surface area (Å²) in [5, 5.41) is 10.3. The molecule has 2 aromatic heterocycles. The van der Waals surface area contributed by atoms with Crippen LogP contribution in [0, 0.1) is 6.92 Å². The zero-order valence-corrected chi connectivity index (χ0v) is 12.3. The van der Waals surface area contributed by atoms with E-state index in [1.54, 1.807) is 17.5 Å². The van der Waals surface area contributed by atoms with E-state index in [0.29, 0.717) is 0 Å². The van der Waals surface area contributed by atoms with E-state index in [2.05, 4.69) is 27.8 Å². The maximum atomic E-state index is 10.3. The minimum atomic E-state index is -0.633. The average molecular weight is 315 g/mol. The van der Waals surface area contributed by atoms with Crippen LogP contribution in [0.5, 0.6) is 0 Å². The van der Waals surface area contributed by atoms with Gasteiger partial charge in [0.2, 0.25) is 0 Å². The molecular weight excluding hydrogens is 300 g/mol. The fourth-order valence-corrected chi connectivity index (χ4v) is 3.29. The molecular formula is C12H15BrN2OS. The van der Waals surface area contributed by atoms with Crippen molar-refractivity contribution in [1.29, 1.82) is 0 Å². The highest BCUT2D eigenvalue weighted by atomic mass is 79.9. The second kappa shape index (κ2) is 5.33. The van der Waals surface area contributed by atoms with E-state index in [1.165, 1.54) is 4.88 Å². The van der Waals surface area contributed by atoms with Gasteiger partial charge in [-0.15, -0.1) is 11.3 Å². The second-order valence-electron chi connectivity index (χ2n) is 3.93. The van der Waals surface area contributed by atoms with Crippen molar-refractivity contribution in [2.24, 2.45) is 0 Å². The molecule has 2 aromatic rings. The highest BCUT2D eigenvalue weighted by molar-refractivity contribution is 9.10. The minimum Gasteiger partial charge on any atom is -0.380 e. The molecule has 92 valence electrons. The lowest BCUT2D eigenvalue weighted by Gasteiger charge is -2.11. The van der Waals surface area contributed by atoms with Gasteiger partial charge in [0.25, 0.3) is 0 Å². The van der Waals surface area contributed by atoms with Gasteiger partial charge in [-0.1, -0.05) is 6.92 Å². The molecule has 1 unspecified atom stereocenters. The molecule has 0 saturated carbocycles. The zero-order valence-electron chi connectivity index (χ0n) is 9.85. The molecule has 0 aliphatic rings. The summed E-state index contributed by atoms with van der Waals surface area (Å²) in [5.74, 6) is 0.723. The van der Waals surface area contributed by atoms with E-state index in [0.717, 1.165) is 28.1 Å². The molecule has 2 rings (SSSR count). The van der Waals surface area contributed by atoms with E-state index < -0.39 is 6.10 Å². The quantitative estimate of drug-likeness (QED) is 0.937. The number of hydrogen-bond donors (Lipinski definition) is 1. The van der Waals surface area contributed by atoms with Crippen LogP contribution in [0.2, 0.25) is 0 Å². The average Bonchev–Trinajstić information content (AvgIpc) is 2.87. The highest BCUT2D eigenvalue weighted by Gasteiger charge is 2.18. The van der Waals surface area contributed by atoms with E-state index >= 15 is 0 Å². The zero-order chi connectivity index (χ0) is 12.4. The smallest absolute Gasteiger partial charge is 0.146 e. The number of hydrogen-bond acceptors (Lipinski definition) is 3. The number of imidazole rings is 1. The van der Waals surface area contributed by atoms with Crippen molar-refractivity contribution in [3.8, 4) is 0 Å². The Morgan fingerprint density at radius 3 is 2.94 bits per heavy atom. The van der Waals surface area contributed by atoms with Crippen molar-refractivity contribution in [1.82, 2.24) is 9.55 Å². The van der Waals surface area contributed by atoms with Crippen LogP contribution in [0.1, 0.15) is 35.0 Å². The number of aryl methyl sites for hydroxylation is 2. The standard InChI is InChI=1S/C12H15BrN2OS/c1-3-5-15-6-4-14-12(15)11(16)10-7-9(13)8(2)17-10/h4,6-7,11,16H,3,5H2,1-2H3. The molecule has 0 aliphatic carbocycles. The Hall–Kier alpha value is -0.650. The summed E-state index contributed by atoms with van der Waals surface area (Å²) in [7, 11) is 0. The predicted octanol–water partition coefficient (Wildman–Crippen LogP) is 3.51. The molecule has 17 heavy (non-hydrogen) atoms. The lowest BCUT2D eigenvalue weighted by molar-refractivity contribution is 0.208. The van der Waals surface area contributed by atoms with Crippen LogP contribution >= 0.6 is 27.3 Å². The fraction of sp³-hybridized carbons (Fsp3) is 0.417. The molecule has 0 aromatic carbocycles. The largest absolute Gasteiger partial charge is 0.380 e. The van der Waals surface area contributed by atoms with E-state index in [9.17, 15) is 5.11 Å². The SMILES string of the molecule is CCCn1ccnc1C(O)c1cc(Br)c(C)s1. The Bertz CT molecular complexity index is 487. The first-order valence-corrected chi connectivity index (χ1v) is 7.19. The molecule has 1 N–H and O–H groups in total. The Balaban J connectivity index is 2.29. The Kier molecular flexibility index (Phi) is 4.01. The van der Waals surface area contributed by atoms with Crippen molar-refractivity contribution in [2.75, 3.05) is 0 Å². The van der Waals surface area contributed by atoms with Gasteiger partial charge in [-0.05, 0) is 35.3 Å². The fourth-order valence-electron chi connectivity index (χ4n) is 1.74. The molecule has 0 fully saturated rings. The summed E-state index contributed by atoms with van der Waals surface area (Å²) < 4.78 is 3.05. The summed E-state index contributed by atoms with van der Waals surface area (Å²) in [4.78, 5) is 6.36. The van der Waals surface area contributed by atoms with Crippen molar-refractivity contribution in [3.63, 3.8) is 0 Å². The van der Waals surface area contributed by atoms with Gasteiger partial charge in [0.15, 0.2) is 0 Å². The first kappa shape index (κ1) is 12.8. The summed E-state index contributed by atoms with van der Waals surface area (Å²) in [6.45, 7) is 5.03. The molecule has 0 aliphatic heterocycles. The van der Waals surface area contributed by atoms with Crippen molar-refractivity contribution >= 4 is 27.3 Å². The lowest BCUT2D eigenvalue weighted by atomic mass is 10.2. The topological polar surface area (TPSA) is 38.0 Å². The molecule has 2 heterocycles. The summed E-state index contributed by atoms with van der Waals surface area (Å²) >= 11 is 5.07. The summed E-state index contributed by atoms with van der Waals surface area (Å²) in [5.41, 5.74) is 0. The number of aromatic nitrogens is 2. The maximum absolute atomic E-state index is 10.3. The van der Waals surface area contributed by atoms with Gasteiger partial charge in [-0.3, -0.25) is 0 Å². The van der Waals surface area contributed by atoms with Crippen LogP contribution in [0.3, 0.4) is 0 Å². The number of aliphatic hydroxyl groups is 1. The Labute approximate surface area is 113 Å². The molecule has 0 amide bonds. The normalized spacial score (nSPS) is 12.9. The van der Waals surface area contributed by atoms with E-state index in [-0.39, 0.29) is 0 Å². The van der Waals surface area contributed by atoms with Gasteiger partial charge in [-0.25, -0.2) is 4.98 Å². The van der Waals surface area contributed by atoms with Crippen LogP contribution < -0.4 is 0 Å². The van der Waals surface area contributed by atoms with Crippen molar-refractivity contribution in [3.05, 3.63) is 38.5 Å². The lowest BCUT2D eigenvalue weighted by Crippen LogP contribution is -2.08. The van der Waals surface area contributed by atoms with Gasteiger partial charge in [0.1, 0.15) is 11.9 Å². The third-order valence-corrected chi connectivity index (χ3v) is 4.79. The monoisotopic (exact) mass is 314 g/mol. The summed E-state index contributed by atoms with van der Waals surface area (Å²) in [6.07, 6.45) is 4.05. The highest BCUT2D eigenvalue weighted by Crippen LogP contribution is 2.33. The Morgan fingerprint density at radius 2 is 2.35 bits per heavy atom. The Morgan fingerprint density at radius 1 is 1.59 bits per heavy atom. The second-order valence-corrected chi connectivity index (χ2v) is 6.08. The number of nitrogens with zero attached hydrogens (tertiary/aromatic N) is 2. The minimum absolute atomic E-state index is 0.633. The third-order valence-electron chi connectivity index (χ3n) is 2.60. The van der Waals surface area contributed by atoms with Gasteiger partial charge in [-0.2, -0.15) is 0 Å².